The molecular weight excluding hydrogens is 311 g/mol. The summed E-state index contributed by atoms with van der Waals surface area (Å²) in [6, 6.07) is 16.5. The second-order valence-corrected chi connectivity index (χ2v) is 5.94. The predicted molar refractivity (Wildman–Crippen MR) is 89.8 cm³/mol. The summed E-state index contributed by atoms with van der Waals surface area (Å²) >= 11 is 5.32. The monoisotopic (exact) mass is 329 g/mol. The number of nitrogens with zero attached hydrogens (tertiary/aromatic N) is 2. The van der Waals surface area contributed by atoms with Crippen LogP contribution in [0.3, 0.4) is 0 Å². The number of aromatic amines is 1. The normalized spacial score (nSPS) is 12.3. The van der Waals surface area contributed by atoms with E-state index in [4.69, 9.17) is 12.2 Å². The Hall–Kier alpha value is -2.31. The quantitative estimate of drug-likeness (QED) is 0.706. The molecule has 4 nitrogen and oxygen atoms in total. The van der Waals surface area contributed by atoms with E-state index in [1.165, 1.54) is 11.0 Å². The van der Waals surface area contributed by atoms with E-state index in [2.05, 4.69) is 10.1 Å². The maximum Gasteiger partial charge on any atom is 0.221 e. The molecule has 2 N–H and O–H groups in total. The zero-order valence-corrected chi connectivity index (χ0v) is 13.6. The zero-order chi connectivity index (χ0) is 16.2. The van der Waals surface area contributed by atoms with Crippen molar-refractivity contribution in [2.75, 3.05) is 7.05 Å². The molecule has 1 unspecified atom stereocenters. The first-order valence-electron chi connectivity index (χ1n) is 7.40. The summed E-state index contributed by atoms with van der Waals surface area (Å²) < 4.78 is 15.6. The van der Waals surface area contributed by atoms with Gasteiger partial charge < -0.3 is 4.90 Å². The second-order valence-electron chi connectivity index (χ2n) is 5.57. The molecule has 0 saturated heterocycles. The molecule has 0 fully saturated rings. The molecule has 0 bridgehead atoms. The molecule has 0 radical (unpaired) electrons. The number of halogens is 1. The highest BCUT2D eigenvalue weighted by Crippen LogP contribution is 2.13. The summed E-state index contributed by atoms with van der Waals surface area (Å²) in [6.07, 6.45) is 0. The average molecular weight is 329 g/mol. The van der Waals surface area contributed by atoms with Crippen molar-refractivity contribution >= 4 is 12.2 Å². The molecule has 0 spiro atoms. The van der Waals surface area contributed by atoms with Crippen LogP contribution in [-0.2, 0) is 13.2 Å². The number of benzene rings is 2. The van der Waals surface area contributed by atoms with Crippen molar-refractivity contribution in [3.63, 3.8) is 0 Å². The van der Waals surface area contributed by atoms with Gasteiger partial charge in [0.25, 0.3) is 0 Å². The van der Waals surface area contributed by atoms with Crippen molar-refractivity contribution in [1.29, 1.82) is 0 Å². The topological polar surface area (TPSA) is 38.0 Å². The van der Waals surface area contributed by atoms with Crippen LogP contribution in [0.15, 0.2) is 54.6 Å². The Morgan fingerprint density at radius 3 is 2.70 bits per heavy atom. The molecule has 0 aliphatic heterocycles. The van der Waals surface area contributed by atoms with Crippen LogP contribution in [0.4, 0.5) is 4.39 Å². The van der Waals surface area contributed by atoms with Crippen LogP contribution in [-0.4, -0.2) is 21.8 Å². The number of aromatic nitrogens is 3. The Bertz CT molecular complexity index is 841. The summed E-state index contributed by atoms with van der Waals surface area (Å²) in [6.45, 7) is 1.34. The molecule has 2 aromatic carbocycles. The minimum atomic E-state index is -0.209. The van der Waals surface area contributed by atoms with E-state index in [0.29, 0.717) is 18.0 Å². The summed E-state index contributed by atoms with van der Waals surface area (Å²) in [7, 11) is 2.04. The van der Waals surface area contributed by atoms with Gasteiger partial charge in [-0.1, -0.05) is 42.5 Å². The molecule has 1 atom stereocenters. The van der Waals surface area contributed by atoms with Crippen LogP contribution < -0.4 is 4.90 Å². The van der Waals surface area contributed by atoms with Crippen molar-refractivity contribution in [3.05, 3.63) is 70.7 Å². The summed E-state index contributed by atoms with van der Waals surface area (Å²) in [4.78, 5) is 5.58. The highest BCUT2D eigenvalue weighted by atomic mass is 32.1. The fourth-order valence-electron chi connectivity index (χ4n) is 2.51. The summed E-state index contributed by atoms with van der Waals surface area (Å²) in [5, 5.41) is 3.23. The highest BCUT2D eigenvalue weighted by Gasteiger charge is 2.09. The van der Waals surface area contributed by atoms with Gasteiger partial charge in [-0.2, -0.15) is 4.98 Å². The van der Waals surface area contributed by atoms with Crippen LogP contribution in [0.5, 0.6) is 0 Å². The maximum atomic E-state index is 13.3. The maximum absolute atomic E-state index is 13.3. The Morgan fingerprint density at radius 2 is 1.96 bits per heavy atom. The summed E-state index contributed by atoms with van der Waals surface area (Å²) in [5.74, 6) is 0.550. The van der Waals surface area contributed by atoms with Gasteiger partial charge in [0.2, 0.25) is 4.77 Å². The van der Waals surface area contributed by atoms with Crippen molar-refractivity contribution in [3.8, 4) is 11.4 Å². The molecule has 118 valence electrons. The SMILES string of the molecule is C[NH+](Cc1cccc(F)c1)Cn1[nH]c(-c2ccccc2)nc1=S. The Balaban J connectivity index is 1.73. The average Bonchev–Trinajstić information content (AvgIpc) is 2.89. The molecule has 6 heteroatoms. The van der Waals surface area contributed by atoms with Gasteiger partial charge in [0.15, 0.2) is 12.5 Å². The number of hydrogen-bond donors (Lipinski definition) is 2. The van der Waals surface area contributed by atoms with E-state index < -0.39 is 0 Å². The first-order chi connectivity index (χ1) is 11.1. The zero-order valence-electron chi connectivity index (χ0n) is 12.8. The smallest absolute Gasteiger partial charge is 0.221 e. The van der Waals surface area contributed by atoms with E-state index in [0.717, 1.165) is 17.0 Å². The molecule has 3 aromatic rings. The molecular formula is C17H18FN4S+. The highest BCUT2D eigenvalue weighted by molar-refractivity contribution is 7.71. The van der Waals surface area contributed by atoms with Crippen molar-refractivity contribution in [2.24, 2.45) is 0 Å². The molecule has 0 aliphatic carbocycles. The number of quaternary nitrogens is 1. The molecule has 1 aromatic heterocycles. The molecule has 0 saturated carbocycles. The lowest BCUT2D eigenvalue weighted by Crippen LogP contribution is -3.07. The number of H-pyrrole nitrogens is 1. The van der Waals surface area contributed by atoms with E-state index in [9.17, 15) is 4.39 Å². The van der Waals surface area contributed by atoms with Crippen LogP contribution in [0.25, 0.3) is 11.4 Å². The third-order valence-electron chi connectivity index (χ3n) is 3.55. The number of nitrogens with one attached hydrogen (secondary N) is 2. The largest absolute Gasteiger partial charge is 0.315 e. The summed E-state index contributed by atoms with van der Waals surface area (Å²) in [5.41, 5.74) is 1.96. The fraction of sp³-hybridized carbons (Fsp3) is 0.176. The van der Waals surface area contributed by atoms with E-state index in [-0.39, 0.29) is 5.82 Å². The van der Waals surface area contributed by atoms with Crippen LogP contribution in [0.2, 0.25) is 0 Å². The van der Waals surface area contributed by atoms with Gasteiger partial charge in [0.05, 0.1) is 7.05 Å². The van der Waals surface area contributed by atoms with E-state index in [1.807, 2.05) is 48.1 Å². The van der Waals surface area contributed by atoms with Crippen molar-refractivity contribution in [2.45, 2.75) is 13.2 Å². The third kappa shape index (κ3) is 3.91. The van der Waals surface area contributed by atoms with Crippen LogP contribution in [0, 0.1) is 10.6 Å². The number of hydrogen-bond acceptors (Lipinski definition) is 2. The first-order valence-corrected chi connectivity index (χ1v) is 7.80. The lowest BCUT2D eigenvalue weighted by molar-refractivity contribution is -0.917. The Labute approximate surface area is 139 Å². The minimum absolute atomic E-state index is 0.209. The molecule has 1 heterocycles. The van der Waals surface area contributed by atoms with Crippen molar-refractivity contribution < 1.29 is 9.29 Å². The Kier molecular flexibility index (Phi) is 4.64. The Morgan fingerprint density at radius 1 is 1.17 bits per heavy atom. The van der Waals surface area contributed by atoms with Crippen molar-refractivity contribution in [1.82, 2.24) is 14.8 Å². The van der Waals surface area contributed by atoms with Gasteiger partial charge in [-0.05, 0) is 24.4 Å². The molecule has 0 amide bonds. The van der Waals surface area contributed by atoms with Gasteiger partial charge >= 0.3 is 0 Å². The molecule has 3 rings (SSSR count). The predicted octanol–water partition coefficient (Wildman–Crippen LogP) is 2.42. The van der Waals surface area contributed by atoms with Crippen LogP contribution >= 0.6 is 12.2 Å². The second kappa shape index (κ2) is 6.85. The van der Waals surface area contributed by atoms with Gasteiger partial charge in [0, 0.05) is 11.1 Å². The van der Waals surface area contributed by atoms with Gasteiger partial charge in [-0.3, -0.25) is 5.10 Å². The van der Waals surface area contributed by atoms with Gasteiger partial charge in [-0.15, -0.1) is 0 Å². The lowest BCUT2D eigenvalue weighted by Gasteiger charge is -2.14. The fourth-order valence-corrected chi connectivity index (χ4v) is 2.71. The minimum Gasteiger partial charge on any atom is -0.315 e. The third-order valence-corrected chi connectivity index (χ3v) is 3.86. The molecule has 0 aliphatic rings. The van der Waals surface area contributed by atoms with Gasteiger partial charge in [-0.25, -0.2) is 9.07 Å². The van der Waals surface area contributed by atoms with E-state index in [1.54, 1.807) is 12.1 Å². The van der Waals surface area contributed by atoms with E-state index >= 15 is 0 Å². The number of rotatable bonds is 5. The first kappa shape index (κ1) is 15.6. The lowest BCUT2D eigenvalue weighted by atomic mass is 10.2. The standard InChI is InChI=1S/C17H17FN4S/c1-21(11-13-6-5-9-15(18)10-13)12-22-17(23)19-16(20-22)14-7-3-2-4-8-14/h2-10H,11-12H2,1H3,(H,19,20,23)/p+1. The molecule has 23 heavy (non-hydrogen) atoms. The van der Waals surface area contributed by atoms with Crippen LogP contribution in [0.1, 0.15) is 5.56 Å². The van der Waals surface area contributed by atoms with Gasteiger partial charge in [0.1, 0.15) is 12.4 Å².